The summed E-state index contributed by atoms with van der Waals surface area (Å²) in [5.74, 6) is -0.0867. The third kappa shape index (κ3) is 6.13. The van der Waals surface area contributed by atoms with Crippen molar-refractivity contribution in [3.8, 4) is 0 Å². The van der Waals surface area contributed by atoms with E-state index in [1.54, 1.807) is 14.0 Å². The molecule has 0 aliphatic rings. The van der Waals surface area contributed by atoms with Gasteiger partial charge >= 0.3 is 0 Å². The lowest BCUT2D eigenvalue weighted by Gasteiger charge is -2.23. The molecule has 0 spiro atoms. The van der Waals surface area contributed by atoms with Crippen LogP contribution in [0, 0.1) is 0 Å². The van der Waals surface area contributed by atoms with Crippen LogP contribution in [0.3, 0.4) is 0 Å². The SMILES string of the molecule is CCC(=O)N(CCNC)CP(C)(=O)O. The second-order valence-corrected chi connectivity index (χ2v) is 5.69. The van der Waals surface area contributed by atoms with E-state index in [4.69, 9.17) is 0 Å². The highest BCUT2D eigenvalue weighted by Crippen LogP contribution is 2.35. The van der Waals surface area contributed by atoms with Crippen molar-refractivity contribution in [3.05, 3.63) is 0 Å². The Balaban J connectivity index is 4.25. The Hall–Kier alpha value is -0.380. The first-order valence-corrected chi connectivity index (χ1v) is 6.91. The maximum atomic E-state index is 11.4. The molecule has 1 atom stereocenters. The van der Waals surface area contributed by atoms with E-state index in [0.29, 0.717) is 19.5 Å². The number of likely N-dealkylation sites (N-methyl/N-ethyl adjacent to an activating group) is 1. The van der Waals surface area contributed by atoms with Crippen molar-refractivity contribution in [2.24, 2.45) is 0 Å². The molecule has 14 heavy (non-hydrogen) atoms. The van der Waals surface area contributed by atoms with Crippen LogP contribution in [0.1, 0.15) is 13.3 Å². The zero-order chi connectivity index (χ0) is 11.2. The van der Waals surface area contributed by atoms with E-state index >= 15 is 0 Å². The van der Waals surface area contributed by atoms with E-state index in [9.17, 15) is 14.3 Å². The van der Waals surface area contributed by atoms with Crippen molar-refractivity contribution in [1.82, 2.24) is 10.2 Å². The fourth-order valence-corrected chi connectivity index (χ4v) is 1.99. The number of hydrogen-bond acceptors (Lipinski definition) is 3. The first-order chi connectivity index (χ1) is 6.40. The quantitative estimate of drug-likeness (QED) is 0.634. The molecule has 0 saturated carbocycles. The van der Waals surface area contributed by atoms with Gasteiger partial charge < -0.3 is 15.1 Å². The van der Waals surface area contributed by atoms with E-state index in [1.807, 2.05) is 0 Å². The Morgan fingerprint density at radius 2 is 2.14 bits per heavy atom. The molecule has 1 amide bonds. The van der Waals surface area contributed by atoms with Gasteiger partial charge in [-0.3, -0.25) is 9.36 Å². The standard InChI is InChI=1S/C8H19N2O3P/c1-4-8(11)10(6-5-9-2)7-14(3,12)13/h9H,4-7H2,1-3H3,(H,12,13). The van der Waals surface area contributed by atoms with Crippen LogP contribution in [-0.4, -0.2) is 48.8 Å². The van der Waals surface area contributed by atoms with Gasteiger partial charge in [0.15, 0.2) is 0 Å². The third-order valence-corrected chi connectivity index (χ3v) is 2.59. The maximum Gasteiger partial charge on any atom is 0.222 e. The molecule has 0 aliphatic heterocycles. The summed E-state index contributed by atoms with van der Waals surface area (Å²) in [6.45, 7) is 4.11. The Bertz CT molecular complexity index is 227. The molecule has 0 aliphatic carbocycles. The van der Waals surface area contributed by atoms with E-state index in [-0.39, 0.29) is 12.2 Å². The zero-order valence-electron chi connectivity index (χ0n) is 8.99. The molecule has 0 rings (SSSR count). The number of nitrogens with zero attached hydrogens (tertiary/aromatic N) is 1. The number of carbonyl (C=O) groups excluding carboxylic acids is 1. The molecule has 5 nitrogen and oxygen atoms in total. The lowest BCUT2D eigenvalue weighted by atomic mass is 10.4. The molecular formula is C8H19N2O3P. The van der Waals surface area contributed by atoms with Crippen LogP contribution in [0.15, 0.2) is 0 Å². The van der Waals surface area contributed by atoms with Crippen molar-refractivity contribution >= 4 is 13.3 Å². The smallest absolute Gasteiger partial charge is 0.222 e. The number of rotatable bonds is 6. The average molecular weight is 222 g/mol. The largest absolute Gasteiger partial charge is 0.343 e. The van der Waals surface area contributed by atoms with Crippen LogP contribution in [0.2, 0.25) is 0 Å². The second kappa shape index (κ2) is 6.17. The summed E-state index contributed by atoms with van der Waals surface area (Å²) in [6, 6.07) is 0. The molecule has 0 bridgehead atoms. The van der Waals surface area contributed by atoms with Crippen molar-refractivity contribution in [3.63, 3.8) is 0 Å². The Labute approximate surface area is 84.9 Å². The van der Waals surface area contributed by atoms with Gasteiger partial charge in [0.25, 0.3) is 0 Å². The van der Waals surface area contributed by atoms with Crippen LogP contribution in [0.25, 0.3) is 0 Å². The minimum atomic E-state index is -3.15. The van der Waals surface area contributed by atoms with Crippen LogP contribution in [-0.2, 0) is 9.36 Å². The van der Waals surface area contributed by atoms with E-state index in [2.05, 4.69) is 5.32 Å². The average Bonchev–Trinajstić information content (AvgIpc) is 2.09. The van der Waals surface area contributed by atoms with Gasteiger partial charge in [-0.25, -0.2) is 0 Å². The van der Waals surface area contributed by atoms with Gasteiger partial charge in [0.1, 0.15) is 0 Å². The third-order valence-electron chi connectivity index (χ3n) is 1.72. The molecule has 0 fully saturated rings. The van der Waals surface area contributed by atoms with Gasteiger partial charge in [0, 0.05) is 26.2 Å². The first kappa shape index (κ1) is 13.6. The highest BCUT2D eigenvalue weighted by atomic mass is 31.2. The van der Waals surface area contributed by atoms with Gasteiger partial charge in [-0.05, 0) is 7.05 Å². The molecule has 84 valence electrons. The van der Waals surface area contributed by atoms with Gasteiger partial charge in [-0.2, -0.15) is 0 Å². The fourth-order valence-electron chi connectivity index (χ4n) is 1.06. The highest BCUT2D eigenvalue weighted by molar-refractivity contribution is 7.57. The first-order valence-electron chi connectivity index (χ1n) is 4.62. The van der Waals surface area contributed by atoms with Crippen molar-refractivity contribution in [2.45, 2.75) is 13.3 Å². The summed E-state index contributed by atoms with van der Waals surface area (Å²) in [5, 5.41) is 2.90. The summed E-state index contributed by atoms with van der Waals surface area (Å²) in [7, 11) is -1.37. The predicted octanol–water partition coefficient (Wildman–Crippen LogP) is 0.302. The molecular weight excluding hydrogens is 203 g/mol. The van der Waals surface area contributed by atoms with Crippen molar-refractivity contribution in [1.29, 1.82) is 0 Å². The summed E-state index contributed by atoms with van der Waals surface area (Å²) in [6.07, 6.45) is 0.311. The molecule has 0 aromatic heterocycles. The summed E-state index contributed by atoms with van der Waals surface area (Å²) >= 11 is 0. The van der Waals surface area contributed by atoms with Gasteiger partial charge in [0.2, 0.25) is 13.3 Å². The van der Waals surface area contributed by atoms with Crippen LogP contribution in [0.5, 0.6) is 0 Å². The highest BCUT2D eigenvalue weighted by Gasteiger charge is 2.19. The van der Waals surface area contributed by atoms with Crippen molar-refractivity contribution < 1.29 is 14.3 Å². The van der Waals surface area contributed by atoms with Gasteiger partial charge in [-0.15, -0.1) is 0 Å². The predicted molar refractivity (Wildman–Crippen MR) is 56.5 cm³/mol. The summed E-state index contributed by atoms with van der Waals surface area (Å²) < 4.78 is 11.1. The van der Waals surface area contributed by atoms with Crippen LogP contribution >= 0.6 is 7.37 Å². The molecule has 2 N–H and O–H groups in total. The molecule has 0 heterocycles. The van der Waals surface area contributed by atoms with Gasteiger partial charge in [-0.1, -0.05) is 6.92 Å². The Kier molecular flexibility index (Phi) is 6.00. The number of nitrogens with one attached hydrogen (secondary N) is 1. The van der Waals surface area contributed by atoms with E-state index < -0.39 is 7.37 Å². The molecule has 0 saturated heterocycles. The molecule has 0 radical (unpaired) electrons. The minimum Gasteiger partial charge on any atom is -0.343 e. The minimum absolute atomic E-state index is 0.0542. The lowest BCUT2D eigenvalue weighted by Crippen LogP contribution is -2.36. The fraction of sp³-hybridized carbons (Fsp3) is 0.875. The molecule has 6 heteroatoms. The summed E-state index contributed by atoms with van der Waals surface area (Å²) in [4.78, 5) is 22.0. The monoisotopic (exact) mass is 222 g/mol. The number of amides is 1. The van der Waals surface area contributed by atoms with Crippen molar-refractivity contribution in [2.75, 3.05) is 33.1 Å². The zero-order valence-corrected chi connectivity index (χ0v) is 9.88. The number of hydrogen-bond donors (Lipinski definition) is 2. The van der Waals surface area contributed by atoms with Crippen LogP contribution < -0.4 is 5.32 Å². The lowest BCUT2D eigenvalue weighted by molar-refractivity contribution is -0.130. The Morgan fingerprint density at radius 1 is 1.57 bits per heavy atom. The Morgan fingerprint density at radius 3 is 2.50 bits per heavy atom. The molecule has 1 unspecified atom stereocenters. The van der Waals surface area contributed by atoms with E-state index in [0.717, 1.165) is 0 Å². The topological polar surface area (TPSA) is 69.6 Å². The second-order valence-electron chi connectivity index (χ2n) is 3.31. The summed E-state index contributed by atoms with van der Waals surface area (Å²) in [5.41, 5.74) is 0. The van der Waals surface area contributed by atoms with Gasteiger partial charge in [0.05, 0.1) is 6.29 Å². The van der Waals surface area contributed by atoms with E-state index in [1.165, 1.54) is 11.6 Å². The molecule has 0 aromatic carbocycles. The normalized spacial score (nSPS) is 14.9. The maximum absolute atomic E-state index is 11.4. The number of carbonyl (C=O) groups is 1. The molecule has 0 aromatic rings. The van der Waals surface area contributed by atoms with Crippen LogP contribution in [0.4, 0.5) is 0 Å².